The second-order valence-electron chi connectivity index (χ2n) is 12.5. The number of halogens is 4. The molecular weight excluding hydrogens is 625 g/mol. The molecule has 1 N–H and O–H groups in total. The van der Waals surface area contributed by atoms with Crippen LogP contribution in [0.15, 0.2) is 47.4 Å². The fourth-order valence-electron chi connectivity index (χ4n) is 6.63. The average molecular weight is 667 g/mol. The summed E-state index contributed by atoms with van der Waals surface area (Å²) in [6.07, 6.45) is 3.78. The minimum atomic E-state index is -4.92. The highest BCUT2D eigenvalue weighted by Crippen LogP contribution is 2.47. The standard InChI is InChI=1S/C34H42ClF3N2O4S/c1-5-7-22-14-25(35)11-13-26(22)24-18-40-17-23-10-12-27(23)29(42-4)9-6-8-20(2)21(3)33(41)39-45-32-15-28(40)30(43-19-24)16-31(32)44-34(36,37)38/h6,9,11,13-16,20-21,23-24,27,29H,5,7-8,10,12,17-19H2,1-4H3,(H,39,41)/b9-6+. The summed E-state index contributed by atoms with van der Waals surface area (Å²) in [7, 11) is 1.73. The van der Waals surface area contributed by atoms with Crippen LogP contribution in [0.3, 0.4) is 0 Å². The van der Waals surface area contributed by atoms with Crippen LogP contribution in [0.25, 0.3) is 0 Å². The molecule has 1 aliphatic carbocycles. The molecule has 45 heavy (non-hydrogen) atoms. The fourth-order valence-corrected chi connectivity index (χ4v) is 7.59. The third-order valence-corrected chi connectivity index (χ3v) is 10.6. The van der Waals surface area contributed by atoms with Crippen molar-refractivity contribution in [3.63, 3.8) is 0 Å². The number of benzene rings is 2. The Kier molecular flexibility index (Phi) is 10.9. The summed E-state index contributed by atoms with van der Waals surface area (Å²) in [5.41, 5.74) is 2.95. The summed E-state index contributed by atoms with van der Waals surface area (Å²) in [5.74, 6) is -0.126. The van der Waals surface area contributed by atoms with Gasteiger partial charge in [-0.1, -0.05) is 57.0 Å². The molecule has 6 nitrogen and oxygen atoms in total. The SMILES string of the molecule is CCCc1cc(Cl)ccc1C1COc2cc(OC(F)(F)F)c3cc2N(C1)CC1CCC1C(OC)/C=C/CC(C)C(C)C(=O)NS3. The minimum Gasteiger partial charge on any atom is -0.491 e. The van der Waals surface area contributed by atoms with Crippen molar-refractivity contribution >= 4 is 35.1 Å². The van der Waals surface area contributed by atoms with Gasteiger partial charge in [0.15, 0.2) is 0 Å². The van der Waals surface area contributed by atoms with Gasteiger partial charge < -0.3 is 19.1 Å². The first-order valence-electron chi connectivity index (χ1n) is 15.7. The molecule has 2 heterocycles. The molecule has 0 spiro atoms. The van der Waals surface area contributed by atoms with Gasteiger partial charge >= 0.3 is 6.36 Å². The molecule has 11 heteroatoms. The van der Waals surface area contributed by atoms with Crippen molar-refractivity contribution in [2.45, 2.75) is 76.2 Å². The summed E-state index contributed by atoms with van der Waals surface area (Å²) in [5, 5.41) is 0.669. The molecule has 2 bridgehead atoms. The Morgan fingerprint density at radius 1 is 1.16 bits per heavy atom. The van der Waals surface area contributed by atoms with E-state index in [-0.39, 0.29) is 41.3 Å². The van der Waals surface area contributed by atoms with Gasteiger partial charge in [-0.2, -0.15) is 0 Å². The highest BCUT2D eigenvalue weighted by Gasteiger charge is 2.40. The van der Waals surface area contributed by atoms with Gasteiger partial charge in [0.1, 0.15) is 11.5 Å². The van der Waals surface area contributed by atoms with Gasteiger partial charge in [0, 0.05) is 43.1 Å². The Morgan fingerprint density at radius 3 is 2.64 bits per heavy atom. The number of ether oxygens (including phenoxy) is 3. The molecule has 0 saturated heterocycles. The maximum atomic E-state index is 13.6. The normalized spacial score (nSPS) is 28.2. The largest absolute Gasteiger partial charge is 0.573 e. The van der Waals surface area contributed by atoms with Gasteiger partial charge in [-0.25, -0.2) is 0 Å². The molecule has 2 aromatic carbocycles. The van der Waals surface area contributed by atoms with E-state index < -0.39 is 12.1 Å². The number of rotatable bonds is 5. The molecular formula is C34H42ClF3N2O4S. The maximum absolute atomic E-state index is 13.6. The van der Waals surface area contributed by atoms with Crippen molar-refractivity contribution in [1.29, 1.82) is 0 Å². The van der Waals surface area contributed by atoms with Crippen LogP contribution in [0, 0.1) is 23.7 Å². The van der Waals surface area contributed by atoms with Crippen molar-refractivity contribution in [3.05, 3.63) is 58.6 Å². The van der Waals surface area contributed by atoms with Crippen molar-refractivity contribution < 1.29 is 32.2 Å². The maximum Gasteiger partial charge on any atom is 0.573 e. The second-order valence-corrected chi connectivity index (χ2v) is 13.8. The Hall–Kier alpha value is -2.56. The molecule has 3 aliphatic rings. The summed E-state index contributed by atoms with van der Waals surface area (Å²) < 4.78 is 60.4. The summed E-state index contributed by atoms with van der Waals surface area (Å²) in [6, 6.07) is 8.91. The van der Waals surface area contributed by atoms with Gasteiger partial charge in [0.05, 0.1) is 23.3 Å². The molecule has 2 aromatic rings. The number of carbonyl (C=O) groups excluding carboxylic acids is 1. The van der Waals surface area contributed by atoms with E-state index in [2.05, 4.69) is 33.4 Å². The molecule has 6 atom stereocenters. The first-order valence-corrected chi connectivity index (χ1v) is 16.9. The lowest BCUT2D eigenvalue weighted by Gasteiger charge is -2.43. The first-order chi connectivity index (χ1) is 21.5. The molecule has 6 unspecified atom stereocenters. The minimum absolute atomic E-state index is 0.0219. The predicted octanol–water partition coefficient (Wildman–Crippen LogP) is 8.57. The van der Waals surface area contributed by atoms with E-state index in [0.717, 1.165) is 48.8 Å². The van der Waals surface area contributed by atoms with Crippen LogP contribution in [0.5, 0.6) is 11.5 Å². The number of hydrogen-bond acceptors (Lipinski definition) is 6. The van der Waals surface area contributed by atoms with Crippen LogP contribution in [0.4, 0.5) is 18.9 Å². The first kappa shape index (κ1) is 33.8. The van der Waals surface area contributed by atoms with Crippen LogP contribution in [-0.2, 0) is 16.0 Å². The topological polar surface area (TPSA) is 60.0 Å². The molecule has 5 rings (SSSR count). The summed E-state index contributed by atoms with van der Waals surface area (Å²) in [4.78, 5) is 15.5. The number of nitrogens with one attached hydrogen (secondary N) is 1. The lowest BCUT2D eigenvalue weighted by Crippen LogP contribution is -2.44. The number of amides is 1. The zero-order valence-electron chi connectivity index (χ0n) is 26.2. The van der Waals surface area contributed by atoms with Crippen LogP contribution in [-0.4, -0.2) is 45.2 Å². The van der Waals surface area contributed by atoms with Crippen LogP contribution >= 0.6 is 23.5 Å². The van der Waals surface area contributed by atoms with Crippen LogP contribution < -0.4 is 19.1 Å². The Morgan fingerprint density at radius 2 is 1.96 bits per heavy atom. The molecule has 0 aromatic heterocycles. The van der Waals surface area contributed by atoms with Crippen LogP contribution in [0.1, 0.15) is 63.5 Å². The summed E-state index contributed by atoms with van der Waals surface area (Å²) in [6.45, 7) is 7.52. The Labute approximate surface area is 273 Å². The van der Waals surface area contributed by atoms with E-state index in [1.54, 1.807) is 13.2 Å². The van der Waals surface area contributed by atoms with E-state index in [0.29, 0.717) is 47.8 Å². The van der Waals surface area contributed by atoms with Gasteiger partial charge in [-0.3, -0.25) is 9.52 Å². The number of carbonyl (C=O) groups is 1. The number of methoxy groups -OCH3 is 1. The number of alkyl halides is 3. The molecule has 1 fully saturated rings. The van der Waals surface area contributed by atoms with Crippen molar-refractivity contribution in [3.8, 4) is 11.5 Å². The predicted molar refractivity (Wildman–Crippen MR) is 172 cm³/mol. The second kappa shape index (κ2) is 14.5. The van der Waals surface area contributed by atoms with Crippen molar-refractivity contribution in [2.75, 3.05) is 31.7 Å². The molecule has 246 valence electrons. The van der Waals surface area contributed by atoms with E-state index in [1.165, 1.54) is 6.07 Å². The van der Waals surface area contributed by atoms with Gasteiger partial charge in [-0.15, -0.1) is 13.2 Å². The molecule has 1 amide bonds. The lowest BCUT2D eigenvalue weighted by atomic mass is 9.70. The van der Waals surface area contributed by atoms with Gasteiger partial charge in [0.25, 0.3) is 0 Å². The van der Waals surface area contributed by atoms with Gasteiger partial charge in [0.2, 0.25) is 5.91 Å². The van der Waals surface area contributed by atoms with E-state index in [1.807, 2.05) is 32.0 Å². The summed E-state index contributed by atoms with van der Waals surface area (Å²) >= 11 is 7.23. The number of aryl methyl sites for hydroxylation is 1. The van der Waals surface area contributed by atoms with Gasteiger partial charge in [-0.05, 0) is 84.7 Å². The average Bonchev–Trinajstić information content (AvgIpc) is 3.14. The van der Waals surface area contributed by atoms with E-state index in [4.69, 9.17) is 21.1 Å². The Balaban J connectivity index is 1.59. The fraction of sp³-hybridized carbons (Fsp3) is 0.559. The highest BCUT2D eigenvalue weighted by molar-refractivity contribution is 7.98. The van der Waals surface area contributed by atoms with Crippen molar-refractivity contribution in [1.82, 2.24) is 4.72 Å². The zero-order chi connectivity index (χ0) is 32.3. The lowest BCUT2D eigenvalue weighted by molar-refractivity contribution is -0.275. The van der Waals surface area contributed by atoms with E-state index >= 15 is 0 Å². The highest BCUT2D eigenvalue weighted by atomic mass is 35.5. The number of allylic oxidation sites excluding steroid dienone is 1. The monoisotopic (exact) mass is 666 g/mol. The molecule has 2 aliphatic heterocycles. The van der Waals surface area contributed by atoms with Crippen molar-refractivity contribution in [2.24, 2.45) is 23.7 Å². The quantitative estimate of drug-likeness (QED) is 0.255. The third kappa shape index (κ3) is 8.06. The molecule has 1 saturated carbocycles. The van der Waals surface area contributed by atoms with Crippen LogP contribution in [0.2, 0.25) is 5.02 Å². The molecule has 0 radical (unpaired) electrons. The number of anilines is 1. The zero-order valence-corrected chi connectivity index (χ0v) is 27.7. The third-order valence-electron chi connectivity index (χ3n) is 9.52. The smallest absolute Gasteiger partial charge is 0.491 e. The van der Waals surface area contributed by atoms with E-state index in [9.17, 15) is 18.0 Å². The number of fused-ring (bicyclic) bond motifs is 2. The number of nitrogens with zero attached hydrogens (tertiary/aromatic N) is 1. The Bertz CT molecular complexity index is 1390. The number of hydrogen-bond donors (Lipinski definition) is 1.